The van der Waals surface area contributed by atoms with Crippen molar-refractivity contribution in [2.24, 2.45) is 11.3 Å². The predicted octanol–water partition coefficient (Wildman–Crippen LogP) is 3.23. The second-order valence-corrected chi connectivity index (χ2v) is 9.12. The van der Waals surface area contributed by atoms with Gasteiger partial charge in [-0.25, -0.2) is 4.98 Å². The highest BCUT2D eigenvalue weighted by Gasteiger charge is 2.37. The number of nitrogens with one attached hydrogen (secondary N) is 1. The molecule has 1 aromatic rings. The summed E-state index contributed by atoms with van der Waals surface area (Å²) in [6.45, 7) is 11.5. The Kier molecular flexibility index (Phi) is 5.68. The number of rotatable bonds is 5. The van der Waals surface area contributed by atoms with Crippen molar-refractivity contribution < 1.29 is 4.79 Å². The van der Waals surface area contributed by atoms with Crippen LogP contribution in [0.3, 0.4) is 0 Å². The van der Waals surface area contributed by atoms with Gasteiger partial charge in [0.15, 0.2) is 5.01 Å². The van der Waals surface area contributed by atoms with Crippen molar-refractivity contribution in [2.45, 2.75) is 52.5 Å². The number of aromatic nitrogens is 1. The lowest BCUT2D eigenvalue weighted by atomic mass is 9.76. The molecule has 2 fully saturated rings. The normalized spacial score (nSPS) is 25.4. The van der Waals surface area contributed by atoms with E-state index in [1.165, 1.54) is 37.0 Å². The van der Waals surface area contributed by atoms with Gasteiger partial charge in [-0.2, -0.15) is 0 Å². The zero-order valence-electron chi connectivity index (χ0n) is 16.0. The van der Waals surface area contributed by atoms with Gasteiger partial charge in [-0.3, -0.25) is 9.69 Å². The zero-order chi connectivity index (χ0) is 18.0. The Labute approximate surface area is 155 Å². The second-order valence-electron chi connectivity index (χ2n) is 8.11. The topological polar surface area (TPSA) is 48.5 Å². The fraction of sp³-hybridized carbons (Fsp3) is 0.789. The summed E-state index contributed by atoms with van der Waals surface area (Å²) >= 11 is 1.50. The molecule has 2 unspecified atom stereocenters. The Morgan fingerprint density at radius 1 is 1.32 bits per heavy atom. The molecule has 140 valence electrons. The van der Waals surface area contributed by atoms with E-state index in [-0.39, 0.29) is 5.91 Å². The molecule has 1 aliphatic carbocycles. The molecule has 1 aromatic heterocycles. The largest absolute Gasteiger partial charge is 0.360 e. The molecule has 3 rings (SSSR count). The SMILES string of the molecule is CCC(C)(C)C1CCC(N2CCN(c3cnc(C(=O)NC)s3)CC2)C1. The van der Waals surface area contributed by atoms with E-state index >= 15 is 0 Å². The summed E-state index contributed by atoms with van der Waals surface area (Å²) in [5.74, 6) is 0.780. The number of hydrogen-bond donors (Lipinski definition) is 1. The minimum Gasteiger partial charge on any atom is -0.360 e. The first-order valence-corrected chi connectivity index (χ1v) is 10.4. The Balaban J connectivity index is 1.52. The fourth-order valence-corrected chi connectivity index (χ4v) is 5.13. The number of nitrogens with zero attached hydrogens (tertiary/aromatic N) is 3. The van der Waals surface area contributed by atoms with Crippen molar-refractivity contribution in [1.82, 2.24) is 15.2 Å². The fourth-order valence-electron chi connectivity index (χ4n) is 4.22. The van der Waals surface area contributed by atoms with Gasteiger partial charge in [0.1, 0.15) is 5.00 Å². The van der Waals surface area contributed by atoms with E-state index < -0.39 is 0 Å². The van der Waals surface area contributed by atoms with E-state index in [4.69, 9.17) is 0 Å². The van der Waals surface area contributed by atoms with Gasteiger partial charge in [0.25, 0.3) is 5.91 Å². The minimum atomic E-state index is -0.0922. The number of anilines is 1. The lowest BCUT2D eigenvalue weighted by Gasteiger charge is -2.39. The van der Waals surface area contributed by atoms with Gasteiger partial charge in [0, 0.05) is 39.3 Å². The van der Waals surface area contributed by atoms with Gasteiger partial charge in [0.05, 0.1) is 6.20 Å². The van der Waals surface area contributed by atoms with Crippen molar-refractivity contribution >= 4 is 22.2 Å². The Morgan fingerprint density at radius 2 is 2.04 bits per heavy atom. The molecule has 1 saturated heterocycles. The van der Waals surface area contributed by atoms with E-state index in [2.05, 4.69) is 40.9 Å². The quantitative estimate of drug-likeness (QED) is 0.871. The average Bonchev–Trinajstić information content (AvgIpc) is 3.31. The highest BCUT2D eigenvalue weighted by atomic mass is 32.1. The molecule has 1 amide bonds. The van der Waals surface area contributed by atoms with Crippen LogP contribution >= 0.6 is 11.3 Å². The second kappa shape index (κ2) is 7.62. The molecular weight excluding hydrogens is 332 g/mol. The Bertz CT molecular complexity index is 592. The number of hydrogen-bond acceptors (Lipinski definition) is 5. The van der Waals surface area contributed by atoms with Crippen LogP contribution < -0.4 is 10.2 Å². The molecule has 0 aromatic carbocycles. The Morgan fingerprint density at radius 3 is 2.68 bits per heavy atom. The molecule has 5 nitrogen and oxygen atoms in total. The van der Waals surface area contributed by atoms with E-state index in [1.807, 2.05) is 6.20 Å². The van der Waals surface area contributed by atoms with Crippen molar-refractivity contribution in [3.05, 3.63) is 11.2 Å². The molecule has 0 radical (unpaired) electrons. The van der Waals surface area contributed by atoms with Crippen LogP contribution in [0, 0.1) is 11.3 Å². The maximum absolute atomic E-state index is 11.7. The van der Waals surface area contributed by atoms with E-state index in [0.29, 0.717) is 10.4 Å². The molecule has 25 heavy (non-hydrogen) atoms. The summed E-state index contributed by atoms with van der Waals surface area (Å²) in [6.07, 6.45) is 7.23. The van der Waals surface area contributed by atoms with Gasteiger partial charge in [0.2, 0.25) is 0 Å². The number of amides is 1. The Hall–Kier alpha value is -1.14. The van der Waals surface area contributed by atoms with Gasteiger partial charge in [-0.05, 0) is 30.6 Å². The minimum absolute atomic E-state index is 0.0922. The monoisotopic (exact) mass is 364 g/mol. The first kappa shape index (κ1) is 18.6. The number of thiazole rings is 1. The van der Waals surface area contributed by atoms with Crippen LogP contribution in [0.2, 0.25) is 0 Å². The molecule has 0 bridgehead atoms. The van der Waals surface area contributed by atoms with Crippen molar-refractivity contribution in [3.8, 4) is 0 Å². The summed E-state index contributed by atoms with van der Waals surface area (Å²) in [5, 5.41) is 4.32. The summed E-state index contributed by atoms with van der Waals surface area (Å²) in [4.78, 5) is 21.0. The number of piperazine rings is 1. The van der Waals surface area contributed by atoms with Gasteiger partial charge in [-0.1, -0.05) is 38.5 Å². The zero-order valence-corrected chi connectivity index (χ0v) is 16.9. The molecule has 6 heteroatoms. The van der Waals surface area contributed by atoms with Crippen LogP contribution in [0.1, 0.15) is 56.3 Å². The van der Waals surface area contributed by atoms with Crippen molar-refractivity contribution in [2.75, 3.05) is 38.1 Å². The lowest BCUT2D eigenvalue weighted by Crippen LogP contribution is -2.49. The average molecular weight is 365 g/mol. The summed E-state index contributed by atoms with van der Waals surface area (Å²) in [5.41, 5.74) is 0.482. The number of carbonyl (C=O) groups excluding carboxylic acids is 1. The third-order valence-electron chi connectivity index (χ3n) is 6.48. The summed E-state index contributed by atoms with van der Waals surface area (Å²) in [7, 11) is 1.65. The van der Waals surface area contributed by atoms with Crippen LogP contribution in [0.25, 0.3) is 0 Å². The van der Waals surface area contributed by atoms with Gasteiger partial charge in [-0.15, -0.1) is 0 Å². The molecular formula is C19H32N4OS. The molecule has 1 N–H and O–H groups in total. The third-order valence-corrected chi connectivity index (χ3v) is 7.54. The van der Waals surface area contributed by atoms with Crippen LogP contribution in [0.5, 0.6) is 0 Å². The van der Waals surface area contributed by atoms with Gasteiger partial charge >= 0.3 is 0 Å². The van der Waals surface area contributed by atoms with Crippen LogP contribution in [-0.2, 0) is 0 Å². The molecule has 2 heterocycles. The molecule has 1 aliphatic heterocycles. The van der Waals surface area contributed by atoms with E-state index in [0.717, 1.165) is 43.1 Å². The first-order chi connectivity index (χ1) is 11.9. The molecule has 0 spiro atoms. The smallest absolute Gasteiger partial charge is 0.280 e. The first-order valence-electron chi connectivity index (χ1n) is 9.61. The van der Waals surface area contributed by atoms with Crippen LogP contribution in [0.15, 0.2) is 6.20 Å². The van der Waals surface area contributed by atoms with E-state index in [9.17, 15) is 4.79 Å². The summed E-state index contributed by atoms with van der Waals surface area (Å²) in [6, 6.07) is 0.765. The van der Waals surface area contributed by atoms with E-state index in [1.54, 1.807) is 7.05 Å². The van der Waals surface area contributed by atoms with Crippen LogP contribution in [-0.4, -0.2) is 55.1 Å². The van der Waals surface area contributed by atoms with Crippen LogP contribution in [0.4, 0.5) is 5.00 Å². The highest BCUT2D eigenvalue weighted by Crippen LogP contribution is 2.43. The highest BCUT2D eigenvalue weighted by molar-refractivity contribution is 7.17. The maximum atomic E-state index is 11.7. The van der Waals surface area contributed by atoms with Crippen molar-refractivity contribution in [3.63, 3.8) is 0 Å². The summed E-state index contributed by atoms with van der Waals surface area (Å²) < 4.78 is 0. The predicted molar refractivity (Wildman–Crippen MR) is 104 cm³/mol. The lowest BCUT2D eigenvalue weighted by molar-refractivity contribution is 0.0962. The third kappa shape index (κ3) is 4.00. The maximum Gasteiger partial charge on any atom is 0.280 e. The number of carbonyl (C=O) groups is 1. The van der Waals surface area contributed by atoms with Gasteiger partial charge < -0.3 is 10.2 Å². The standard InChI is InChI=1S/C19H32N4OS/c1-5-19(2,3)14-6-7-15(12-14)22-8-10-23(11-9-22)16-13-21-18(25-16)17(24)20-4/h13-15H,5-12H2,1-4H3,(H,20,24). The van der Waals surface area contributed by atoms with Crippen molar-refractivity contribution in [1.29, 1.82) is 0 Å². The molecule has 2 atom stereocenters. The molecule has 2 aliphatic rings. The molecule has 1 saturated carbocycles.